The van der Waals surface area contributed by atoms with Gasteiger partial charge in [0.1, 0.15) is 5.82 Å². The van der Waals surface area contributed by atoms with Gasteiger partial charge in [-0.15, -0.1) is 0 Å². The summed E-state index contributed by atoms with van der Waals surface area (Å²) >= 11 is 0. The van der Waals surface area contributed by atoms with Gasteiger partial charge in [-0.05, 0) is 42.0 Å². The Morgan fingerprint density at radius 1 is 1.04 bits per heavy atom. The highest BCUT2D eigenvalue weighted by atomic mass is 32.2. The maximum absolute atomic E-state index is 12.9. The largest absolute Gasteiger partial charge is 0.379 e. The minimum Gasteiger partial charge on any atom is -0.379 e. The van der Waals surface area contributed by atoms with Gasteiger partial charge in [0.2, 0.25) is 10.0 Å². The molecule has 1 fully saturated rings. The predicted molar refractivity (Wildman–Crippen MR) is 95.8 cm³/mol. The lowest BCUT2D eigenvalue weighted by Gasteiger charge is -2.26. The van der Waals surface area contributed by atoms with Crippen molar-refractivity contribution >= 4 is 21.6 Å². The Labute approximate surface area is 151 Å². The third kappa shape index (κ3) is 4.66. The zero-order valence-corrected chi connectivity index (χ0v) is 14.8. The summed E-state index contributed by atoms with van der Waals surface area (Å²) in [6.07, 6.45) is 0. The first-order valence-corrected chi connectivity index (χ1v) is 9.76. The van der Waals surface area contributed by atoms with Crippen LogP contribution in [-0.4, -0.2) is 44.9 Å². The van der Waals surface area contributed by atoms with Crippen molar-refractivity contribution in [2.24, 2.45) is 0 Å². The monoisotopic (exact) mass is 378 g/mol. The molecule has 2 aromatic carbocycles. The molecule has 0 bridgehead atoms. The van der Waals surface area contributed by atoms with Gasteiger partial charge >= 0.3 is 0 Å². The molecule has 0 spiro atoms. The van der Waals surface area contributed by atoms with Gasteiger partial charge in [-0.25, -0.2) is 12.8 Å². The Hall–Kier alpha value is -2.29. The lowest BCUT2D eigenvalue weighted by Crippen LogP contribution is -2.41. The molecule has 0 saturated carbocycles. The van der Waals surface area contributed by atoms with Crippen LogP contribution in [0.1, 0.15) is 15.9 Å². The number of carbonyl (C=O) groups is 1. The molecule has 0 atom stereocenters. The molecular formula is C18H19FN2O4S. The van der Waals surface area contributed by atoms with E-state index in [0.717, 1.165) is 0 Å². The number of sulfonamides is 1. The lowest BCUT2D eigenvalue weighted by molar-refractivity contribution is 0.0729. The number of ether oxygens (including phenoxy) is 1. The normalized spacial score (nSPS) is 15.6. The number of halogens is 1. The van der Waals surface area contributed by atoms with Crippen LogP contribution in [0.15, 0.2) is 48.5 Å². The Balaban J connectivity index is 1.64. The van der Waals surface area contributed by atoms with Crippen molar-refractivity contribution in [3.8, 4) is 0 Å². The van der Waals surface area contributed by atoms with Crippen LogP contribution < -0.4 is 5.32 Å². The minimum atomic E-state index is -3.40. The van der Waals surface area contributed by atoms with Crippen LogP contribution in [0.3, 0.4) is 0 Å². The summed E-state index contributed by atoms with van der Waals surface area (Å²) < 4.78 is 44.3. The van der Waals surface area contributed by atoms with E-state index in [1.807, 2.05) is 0 Å². The van der Waals surface area contributed by atoms with Gasteiger partial charge in [0.05, 0.1) is 19.0 Å². The van der Waals surface area contributed by atoms with Crippen molar-refractivity contribution in [2.75, 3.05) is 31.6 Å². The first-order valence-electron chi connectivity index (χ1n) is 8.15. The Morgan fingerprint density at radius 2 is 1.65 bits per heavy atom. The quantitative estimate of drug-likeness (QED) is 0.866. The van der Waals surface area contributed by atoms with Crippen LogP contribution in [-0.2, 0) is 20.5 Å². The van der Waals surface area contributed by atoms with Gasteiger partial charge in [-0.1, -0.05) is 12.1 Å². The van der Waals surface area contributed by atoms with Crippen molar-refractivity contribution in [3.05, 3.63) is 65.5 Å². The van der Waals surface area contributed by atoms with Crippen molar-refractivity contribution in [3.63, 3.8) is 0 Å². The molecule has 1 N–H and O–H groups in total. The fourth-order valence-corrected chi connectivity index (χ4v) is 4.12. The van der Waals surface area contributed by atoms with Crippen LogP contribution in [0.25, 0.3) is 0 Å². The number of hydrogen-bond donors (Lipinski definition) is 1. The molecule has 1 aliphatic rings. The van der Waals surface area contributed by atoms with Crippen molar-refractivity contribution < 1.29 is 22.3 Å². The molecule has 6 nitrogen and oxygen atoms in total. The van der Waals surface area contributed by atoms with E-state index in [2.05, 4.69) is 5.32 Å². The van der Waals surface area contributed by atoms with Crippen LogP contribution >= 0.6 is 0 Å². The third-order valence-corrected chi connectivity index (χ3v) is 5.88. The van der Waals surface area contributed by atoms with Gasteiger partial charge in [-0.3, -0.25) is 4.79 Å². The molecule has 1 saturated heterocycles. The minimum absolute atomic E-state index is 0.118. The Morgan fingerprint density at radius 3 is 2.27 bits per heavy atom. The van der Waals surface area contributed by atoms with Gasteiger partial charge in [0.15, 0.2) is 0 Å². The second-order valence-corrected chi connectivity index (χ2v) is 7.89. The topological polar surface area (TPSA) is 75.7 Å². The number of hydrogen-bond acceptors (Lipinski definition) is 4. The summed E-state index contributed by atoms with van der Waals surface area (Å²) in [6, 6.07) is 11.8. The summed E-state index contributed by atoms with van der Waals surface area (Å²) in [6.45, 7) is 1.53. The van der Waals surface area contributed by atoms with Crippen molar-refractivity contribution in [1.82, 2.24) is 4.31 Å². The van der Waals surface area contributed by atoms with E-state index in [-0.39, 0.29) is 17.5 Å². The molecule has 3 rings (SSSR count). The van der Waals surface area contributed by atoms with Crippen LogP contribution in [0, 0.1) is 5.82 Å². The molecular weight excluding hydrogens is 359 g/mol. The maximum Gasteiger partial charge on any atom is 0.255 e. The summed E-state index contributed by atoms with van der Waals surface area (Å²) in [5, 5.41) is 2.66. The third-order valence-electron chi connectivity index (χ3n) is 4.03. The number of rotatable bonds is 5. The van der Waals surface area contributed by atoms with Crippen LogP contribution in [0.4, 0.5) is 10.1 Å². The molecule has 0 radical (unpaired) electrons. The number of anilines is 1. The van der Waals surface area contributed by atoms with Crippen molar-refractivity contribution in [2.45, 2.75) is 5.75 Å². The second-order valence-electron chi connectivity index (χ2n) is 5.93. The highest BCUT2D eigenvalue weighted by Gasteiger charge is 2.24. The van der Waals surface area contributed by atoms with Gasteiger partial charge in [0, 0.05) is 24.3 Å². The fourth-order valence-electron chi connectivity index (χ4n) is 2.62. The number of benzene rings is 2. The molecule has 26 heavy (non-hydrogen) atoms. The summed E-state index contributed by atoms with van der Waals surface area (Å²) in [5.41, 5.74) is 1.48. The molecule has 1 amide bonds. The summed E-state index contributed by atoms with van der Waals surface area (Å²) in [5.74, 6) is -0.847. The fraction of sp³-hybridized carbons (Fsp3) is 0.278. The smallest absolute Gasteiger partial charge is 0.255 e. The first-order chi connectivity index (χ1) is 12.4. The predicted octanol–water partition coefficient (Wildman–Crippen LogP) is 2.24. The zero-order valence-electron chi connectivity index (χ0n) is 14.0. The van der Waals surface area contributed by atoms with E-state index in [9.17, 15) is 17.6 Å². The number of amides is 1. The Kier molecular flexibility index (Phi) is 5.65. The van der Waals surface area contributed by atoms with Crippen LogP contribution in [0.5, 0.6) is 0 Å². The number of morpholine rings is 1. The van der Waals surface area contributed by atoms with E-state index in [1.165, 1.54) is 28.6 Å². The number of nitrogens with zero attached hydrogens (tertiary/aromatic N) is 1. The molecule has 0 unspecified atom stereocenters. The van der Waals surface area contributed by atoms with Gasteiger partial charge in [0.25, 0.3) is 5.91 Å². The van der Waals surface area contributed by atoms with Crippen molar-refractivity contribution in [1.29, 1.82) is 0 Å². The molecule has 0 aromatic heterocycles. The molecule has 1 aliphatic heterocycles. The molecule has 138 valence electrons. The number of carbonyl (C=O) groups excluding carboxylic acids is 1. The second kappa shape index (κ2) is 7.94. The highest BCUT2D eigenvalue weighted by molar-refractivity contribution is 7.88. The van der Waals surface area contributed by atoms with E-state index in [0.29, 0.717) is 43.1 Å². The van der Waals surface area contributed by atoms with E-state index < -0.39 is 10.0 Å². The van der Waals surface area contributed by atoms with Gasteiger partial charge in [-0.2, -0.15) is 4.31 Å². The maximum atomic E-state index is 12.9. The highest BCUT2D eigenvalue weighted by Crippen LogP contribution is 2.15. The average Bonchev–Trinajstić information content (AvgIpc) is 2.64. The average molecular weight is 378 g/mol. The van der Waals surface area contributed by atoms with Gasteiger partial charge < -0.3 is 10.1 Å². The zero-order chi connectivity index (χ0) is 18.6. The molecule has 0 aliphatic carbocycles. The standard InChI is InChI=1S/C18H19FN2O4S/c19-16-5-7-17(8-6-16)20-18(22)15-3-1-14(2-4-15)13-26(23,24)21-9-11-25-12-10-21/h1-8H,9-13H2,(H,20,22). The van der Waals surface area contributed by atoms with Crippen LogP contribution in [0.2, 0.25) is 0 Å². The van der Waals surface area contributed by atoms with E-state index in [1.54, 1.807) is 24.3 Å². The molecule has 8 heteroatoms. The lowest BCUT2D eigenvalue weighted by atomic mass is 10.1. The molecule has 1 heterocycles. The summed E-state index contributed by atoms with van der Waals surface area (Å²) in [7, 11) is -3.40. The van der Waals surface area contributed by atoms with E-state index >= 15 is 0 Å². The summed E-state index contributed by atoms with van der Waals surface area (Å²) in [4.78, 5) is 12.2. The van der Waals surface area contributed by atoms with E-state index in [4.69, 9.17) is 4.74 Å². The first kappa shape index (κ1) is 18.5. The SMILES string of the molecule is O=C(Nc1ccc(F)cc1)c1ccc(CS(=O)(=O)N2CCOCC2)cc1. The number of nitrogens with one attached hydrogen (secondary N) is 1. The molecule has 2 aromatic rings. The Bertz CT molecular complexity index is 861.